The number of carbonyl (C=O) groups excluding carboxylic acids is 1. The maximum absolute atomic E-state index is 11.4. The molecule has 1 N–H and O–H groups in total. The van der Waals surface area contributed by atoms with Gasteiger partial charge < -0.3 is 15.0 Å². The van der Waals surface area contributed by atoms with E-state index in [2.05, 4.69) is 10.2 Å². The van der Waals surface area contributed by atoms with Gasteiger partial charge in [0.05, 0.1) is 18.7 Å². The Balaban J connectivity index is 1.88. The van der Waals surface area contributed by atoms with Crippen LogP contribution in [0.1, 0.15) is 6.42 Å². The Morgan fingerprint density at radius 3 is 3.13 bits per heavy atom. The van der Waals surface area contributed by atoms with Gasteiger partial charge in [-0.3, -0.25) is 4.90 Å². The maximum Gasteiger partial charge on any atom is 0.317 e. The molecule has 2 fully saturated rings. The minimum absolute atomic E-state index is 0.0681. The van der Waals surface area contributed by atoms with E-state index in [9.17, 15) is 4.79 Å². The van der Waals surface area contributed by atoms with E-state index >= 15 is 0 Å². The number of ether oxygens (including phenoxy) is 1. The molecule has 0 aliphatic carbocycles. The van der Waals surface area contributed by atoms with Crippen LogP contribution in [0.4, 0.5) is 4.79 Å². The molecule has 0 saturated carbocycles. The number of likely N-dealkylation sites (tertiary alicyclic amines) is 1. The Morgan fingerprint density at radius 2 is 2.40 bits per heavy atom. The van der Waals surface area contributed by atoms with E-state index in [1.807, 2.05) is 11.9 Å². The van der Waals surface area contributed by atoms with Gasteiger partial charge in [-0.2, -0.15) is 0 Å². The van der Waals surface area contributed by atoms with Gasteiger partial charge in [-0.1, -0.05) is 0 Å². The maximum atomic E-state index is 11.4. The van der Waals surface area contributed by atoms with Crippen molar-refractivity contribution in [1.29, 1.82) is 0 Å². The smallest absolute Gasteiger partial charge is 0.317 e. The molecule has 2 saturated heterocycles. The molecular formula is C10H19N3O2. The van der Waals surface area contributed by atoms with Crippen LogP contribution in [0, 0.1) is 0 Å². The van der Waals surface area contributed by atoms with E-state index in [4.69, 9.17) is 4.74 Å². The Labute approximate surface area is 90.4 Å². The third-order valence-corrected chi connectivity index (χ3v) is 3.40. The molecule has 0 spiro atoms. The minimum Gasteiger partial charge on any atom is -0.383 e. The van der Waals surface area contributed by atoms with E-state index in [0.717, 1.165) is 32.7 Å². The molecule has 15 heavy (non-hydrogen) atoms. The second-order valence-electron chi connectivity index (χ2n) is 4.32. The van der Waals surface area contributed by atoms with Crippen LogP contribution < -0.4 is 5.32 Å². The van der Waals surface area contributed by atoms with Crippen molar-refractivity contribution in [1.82, 2.24) is 15.1 Å². The van der Waals surface area contributed by atoms with E-state index in [1.165, 1.54) is 0 Å². The summed E-state index contributed by atoms with van der Waals surface area (Å²) in [7, 11) is 3.60. The molecule has 5 nitrogen and oxygen atoms in total. The van der Waals surface area contributed by atoms with E-state index < -0.39 is 0 Å². The highest BCUT2D eigenvalue weighted by atomic mass is 16.5. The standard InChI is InChI=1S/C10H19N3O2/c1-12-9-3-4-13(5-6-15-2)7-8(9)11-10(12)14/h8-9H,3-7H2,1-2H3,(H,11,14). The zero-order chi connectivity index (χ0) is 10.8. The molecule has 0 aromatic rings. The van der Waals surface area contributed by atoms with Crippen LogP contribution >= 0.6 is 0 Å². The number of hydrogen-bond donors (Lipinski definition) is 1. The number of nitrogens with one attached hydrogen (secondary N) is 1. The van der Waals surface area contributed by atoms with Crippen molar-refractivity contribution in [3.05, 3.63) is 0 Å². The summed E-state index contributed by atoms with van der Waals surface area (Å²) >= 11 is 0. The molecule has 0 radical (unpaired) electrons. The first-order chi connectivity index (χ1) is 7.22. The summed E-state index contributed by atoms with van der Waals surface area (Å²) in [6.45, 7) is 3.73. The summed E-state index contributed by atoms with van der Waals surface area (Å²) < 4.78 is 5.06. The summed E-state index contributed by atoms with van der Waals surface area (Å²) in [5, 5.41) is 3.02. The number of rotatable bonds is 3. The highest BCUT2D eigenvalue weighted by Crippen LogP contribution is 2.20. The molecule has 2 rings (SSSR count). The van der Waals surface area contributed by atoms with Gasteiger partial charge in [-0.15, -0.1) is 0 Å². The van der Waals surface area contributed by atoms with E-state index in [0.29, 0.717) is 12.1 Å². The predicted molar refractivity (Wildman–Crippen MR) is 56.8 cm³/mol. The normalized spacial score (nSPS) is 31.6. The first kappa shape index (κ1) is 10.7. The highest BCUT2D eigenvalue weighted by molar-refractivity contribution is 5.77. The lowest BCUT2D eigenvalue weighted by molar-refractivity contribution is 0.109. The lowest BCUT2D eigenvalue weighted by atomic mass is 10.0. The van der Waals surface area contributed by atoms with Crippen molar-refractivity contribution in [3.63, 3.8) is 0 Å². The van der Waals surface area contributed by atoms with Crippen molar-refractivity contribution in [2.75, 3.05) is 40.4 Å². The molecule has 0 bridgehead atoms. The van der Waals surface area contributed by atoms with Gasteiger partial charge in [0.25, 0.3) is 0 Å². The minimum atomic E-state index is 0.0681. The zero-order valence-corrected chi connectivity index (χ0v) is 9.40. The van der Waals surface area contributed by atoms with Crippen LogP contribution in [0.5, 0.6) is 0 Å². The second kappa shape index (κ2) is 4.37. The summed E-state index contributed by atoms with van der Waals surface area (Å²) in [4.78, 5) is 15.6. The lowest BCUT2D eigenvalue weighted by Gasteiger charge is -2.35. The highest BCUT2D eigenvalue weighted by Gasteiger charge is 2.40. The summed E-state index contributed by atoms with van der Waals surface area (Å²) in [5.41, 5.74) is 0. The third-order valence-electron chi connectivity index (χ3n) is 3.40. The molecular weight excluding hydrogens is 194 g/mol. The SMILES string of the molecule is COCCN1CCC2C(C1)NC(=O)N2C. The average Bonchev–Trinajstić information content (AvgIpc) is 2.52. The summed E-state index contributed by atoms with van der Waals surface area (Å²) in [6, 6.07) is 0.753. The van der Waals surface area contributed by atoms with Gasteiger partial charge in [0.2, 0.25) is 0 Å². The number of carbonyl (C=O) groups is 1. The average molecular weight is 213 g/mol. The van der Waals surface area contributed by atoms with Crippen molar-refractivity contribution in [2.45, 2.75) is 18.5 Å². The van der Waals surface area contributed by atoms with Gasteiger partial charge in [0, 0.05) is 33.8 Å². The van der Waals surface area contributed by atoms with Crippen LogP contribution in [-0.2, 0) is 4.74 Å². The first-order valence-electron chi connectivity index (χ1n) is 5.47. The predicted octanol–water partition coefficient (Wildman–Crippen LogP) is -0.269. The molecule has 2 unspecified atom stereocenters. The molecule has 2 atom stereocenters. The Morgan fingerprint density at radius 1 is 1.60 bits per heavy atom. The van der Waals surface area contributed by atoms with E-state index in [-0.39, 0.29) is 6.03 Å². The van der Waals surface area contributed by atoms with Crippen molar-refractivity contribution in [2.24, 2.45) is 0 Å². The topological polar surface area (TPSA) is 44.8 Å². The molecule has 86 valence electrons. The fraction of sp³-hybridized carbons (Fsp3) is 0.900. The molecule has 2 aliphatic rings. The molecule has 2 aliphatic heterocycles. The summed E-state index contributed by atoms with van der Waals surface area (Å²) in [6.07, 6.45) is 1.06. The third kappa shape index (κ3) is 2.08. The molecule has 2 amide bonds. The van der Waals surface area contributed by atoms with Gasteiger partial charge in [0.15, 0.2) is 0 Å². The summed E-state index contributed by atoms with van der Waals surface area (Å²) in [5.74, 6) is 0. The lowest BCUT2D eigenvalue weighted by Crippen LogP contribution is -2.51. The zero-order valence-electron chi connectivity index (χ0n) is 9.40. The quantitative estimate of drug-likeness (QED) is 0.702. The number of urea groups is 1. The monoisotopic (exact) mass is 213 g/mol. The molecule has 2 heterocycles. The molecule has 0 aromatic heterocycles. The van der Waals surface area contributed by atoms with Crippen LogP contribution in [0.3, 0.4) is 0 Å². The molecule has 0 aromatic carbocycles. The van der Waals surface area contributed by atoms with Crippen molar-refractivity contribution in [3.8, 4) is 0 Å². The number of methoxy groups -OCH3 is 1. The van der Waals surface area contributed by atoms with E-state index in [1.54, 1.807) is 7.11 Å². The van der Waals surface area contributed by atoms with Crippen LogP contribution in [0.15, 0.2) is 0 Å². The van der Waals surface area contributed by atoms with Gasteiger partial charge >= 0.3 is 6.03 Å². The number of nitrogens with zero attached hydrogens (tertiary/aromatic N) is 2. The Bertz CT molecular complexity index is 247. The van der Waals surface area contributed by atoms with Gasteiger partial charge in [-0.25, -0.2) is 4.79 Å². The number of likely N-dealkylation sites (N-methyl/N-ethyl adjacent to an activating group) is 1. The second-order valence-corrected chi connectivity index (χ2v) is 4.32. The number of piperidine rings is 1. The number of fused-ring (bicyclic) bond motifs is 1. The first-order valence-corrected chi connectivity index (χ1v) is 5.47. The Hall–Kier alpha value is -0.810. The van der Waals surface area contributed by atoms with Crippen LogP contribution in [0.2, 0.25) is 0 Å². The largest absolute Gasteiger partial charge is 0.383 e. The Kier molecular flexibility index (Phi) is 3.11. The fourth-order valence-corrected chi connectivity index (χ4v) is 2.45. The van der Waals surface area contributed by atoms with Crippen LogP contribution in [0.25, 0.3) is 0 Å². The number of hydrogen-bond acceptors (Lipinski definition) is 3. The van der Waals surface area contributed by atoms with Crippen LogP contribution in [-0.4, -0.2) is 68.3 Å². The van der Waals surface area contributed by atoms with Crippen molar-refractivity contribution < 1.29 is 9.53 Å². The van der Waals surface area contributed by atoms with Gasteiger partial charge in [0.1, 0.15) is 0 Å². The number of amides is 2. The fourth-order valence-electron chi connectivity index (χ4n) is 2.45. The van der Waals surface area contributed by atoms with Crippen molar-refractivity contribution >= 4 is 6.03 Å². The van der Waals surface area contributed by atoms with Gasteiger partial charge in [-0.05, 0) is 6.42 Å². The molecule has 5 heteroatoms.